The Morgan fingerprint density at radius 2 is 2.29 bits per heavy atom. The zero-order valence-electron chi connectivity index (χ0n) is 10.1. The molecule has 6 heteroatoms. The lowest BCUT2D eigenvalue weighted by atomic mass is 9.79. The van der Waals surface area contributed by atoms with Gasteiger partial charge in [-0.25, -0.2) is 0 Å². The Morgan fingerprint density at radius 1 is 1.53 bits per heavy atom. The number of aromatic nitrogens is 2. The molecule has 1 aliphatic carbocycles. The molecule has 1 saturated carbocycles. The summed E-state index contributed by atoms with van der Waals surface area (Å²) in [6.07, 6.45) is 2.89. The number of carbonyl (C=O) groups excluding carboxylic acids is 1. The minimum Gasteiger partial charge on any atom is -0.466 e. The third-order valence-electron chi connectivity index (χ3n) is 3.03. The van der Waals surface area contributed by atoms with Gasteiger partial charge in [0.15, 0.2) is 0 Å². The van der Waals surface area contributed by atoms with Gasteiger partial charge >= 0.3 is 5.97 Å². The lowest BCUT2D eigenvalue weighted by Gasteiger charge is -2.37. The van der Waals surface area contributed by atoms with Crippen molar-refractivity contribution in [2.75, 3.05) is 13.7 Å². The quantitative estimate of drug-likeness (QED) is 0.720. The molecule has 1 aromatic rings. The van der Waals surface area contributed by atoms with Crippen LogP contribution in [0.4, 0.5) is 0 Å². The first-order valence-corrected chi connectivity index (χ1v) is 5.74. The Bertz CT molecular complexity index is 392. The minimum absolute atomic E-state index is 0.0145. The van der Waals surface area contributed by atoms with Gasteiger partial charge < -0.3 is 14.0 Å². The van der Waals surface area contributed by atoms with Gasteiger partial charge in [0, 0.05) is 7.11 Å². The monoisotopic (exact) mass is 240 g/mol. The summed E-state index contributed by atoms with van der Waals surface area (Å²) in [4.78, 5) is 15.4. The Morgan fingerprint density at radius 3 is 2.82 bits per heavy atom. The number of carbonyl (C=O) groups is 1. The van der Waals surface area contributed by atoms with Crippen molar-refractivity contribution in [2.45, 2.75) is 38.2 Å². The molecular formula is C11H16N2O4. The van der Waals surface area contributed by atoms with E-state index in [1.165, 1.54) is 0 Å². The molecule has 0 bridgehead atoms. The molecule has 1 heterocycles. The maximum Gasteiger partial charge on any atom is 0.315 e. The molecule has 2 rings (SSSR count). The Balaban J connectivity index is 2.03. The van der Waals surface area contributed by atoms with Crippen LogP contribution in [0.3, 0.4) is 0 Å². The highest BCUT2D eigenvalue weighted by Gasteiger charge is 2.43. The van der Waals surface area contributed by atoms with Crippen LogP contribution in [-0.4, -0.2) is 29.8 Å². The first kappa shape index (κ1) is 12.0. The lowest BCUT2D eigenvalue weighted by Crippen LogP contribution is -2.37. The topological polar surface area (TPSA) is 74.5 Å². The number of methoxy groups -OCH3 is 1. The van der Waals surface area contributed by atoms with Crippen molar-refractivity contribution in [3.05, 3.63) is 11.7 Å². The van der Waals surface area contributed by atoms with E-state index in [9.17, 15) is 4.79 Å². The maximum absolute atomic E-state index is 11.2. The lowest BCUT2D eigenvalue weighted by molar-refractivity contribution is -0.142. The molecule has 0 saturated heterocycles. The molecule has 0 unspecified atom stereocenters. The van der Waals surface area contributed by atoms with Crippen molar-refractivity contribution in [3.8, 4) is 0 Å². The van der Waals surface area contributed by atoms with Crippen LogP contribution in [0.2, 0.25) is 0 Å². The maximum atomic E-state index is 11.2. The molecule has 0 aromatic carbocycles. The van der Waals surface area contributed by atoms with Crippen LogP contribution in [0.1, 0.15) is 37.9 Å². The van der Waals surface area contributed by atoms with E-state index < -0.39 is 5.60 Å². The normalized spacial score (nSPS) is 17.5. The van der Waals surface area contributed by atoms with Crippen molar-refractivity contribution in [3.63, 3.8) is 0 Å². The molecule has 0 atom stereocenters. The van der Waals surface area contributed by atoms with Crippen LogP contribution < -0.4 is 0 Å². The molecule has 1 fully saturated rings. The average Bonchev–Trinajstić information content (AvgIpc) is 2.66. The average molecular weight is 240 g/mol. The van der Waals surface area contributed by atoms with Gasteiger partial charge in [-0.15, -0.1) is 0 Å². The van der Waals surface area contributed by atoms with Crippen LogP contribution in [0.5, 0.6) is 0 Å². The molecule has 94 valence electrons. The Labute approximate surface area is 99.3 Å². The molecule has 1 aliphatic rings. The fourth-order valence-corrected chi connectivity index (χ4v) is 1.86. The van der Waals surface area contributed by atoms with E-state index in [4.69, 9.17) is 14.0 Å². The summed E-state index contributed by atoms with van der Waals surface area (Å²) >= 11 is 0. The summed E-state index contributed by atoms with van der Waals surface area (Å²) in [6, 6.07) is 0. The van der Waals surface area contributed by atoms with Gasteiger partial charge in [-0.2, -0.15) is 4.98 Å². The van der Waals surface area contributed by atoms with Crippen LogP contribution in [0.15, 0.2) is 4.52 Å². The number of ether oxygens (including phenoxy) is 2. The summed E-state index contributed by atoms with van der Waals surface area (Å²) in [5.41, 5.74) is -0.406. The van der Waals surface area contributed by atoms with Crippen LogP contribution in [-0.2, 0) is 26.3 Å². The van der Waals surface area contributed by atoms with Gasteiger partial charge in [0.2, 0.25) is 11.7 Å². The Kier molecular flexibility index (Phi) is 3.42. The van der Waals surface area contributed by atoms with Crippen LogP contribution in [0.25, 0.3) is 0 Å². The highest BCUT2D eigenvalue weighted by Crippen LogP contribution is 2.42. The number of esters is 1. The summed E-state index contributed by atoms with van der Waals surface area (Å²) in [7, 11) is 1.64. The second kappa shape index (κ2) is 4.83. The van der Waals surface area contributed by atoms with E-state index in [1.54, 1.807) is 14.0 Å². The van der Waals surface area contributed by atoms with E-state index in [0.717, 1.165) is 19.3 Å². The number of nitrogens with zero attached hydrogens (tertiary/aromatic N) is 2. The zero-order chi connectivity index (χ0) is 12.3. The van der Waals surface area contributed by atoms with Crippen molar-refractivity contribution >= 4 is 5.97 Å². The fraction of sp³-hybridized carbons (Fsp3) is 0.727. The smallest absolute Gasteiger partial charge is 0.315 e. The molecular weight excluding hydrogens is 224 g/mol. The first-order valence-electron chi connectivity index (χ1n) is 5.74. The van der Waals surface area contributed by atoms with Crippen molar-refractivity contribution in [1.29, 1.82) is 0 Å². The van der Waals surface area contributed by atoms with E-state index in [1.807, 2.05) is 0 Å². The van der Waals surface area contributed by atoms with Gasteiger partial charge in [-0.05, 0) is 26.2 Å². The zero-order valence-corrected chi connectivity index (χ0v) is 10.1. The highest BCUT2D eigenvalue weighted by molar-refractivity contribution is 5.71. The summed E-state index contributed by atoms with van der Waals surface area (Å²) in [5.74, 6) is 0.454. The van der Waals surface area contributed by atoms with Crippen LogP contribution >= 0.6 is 0 Å². The Hall–Kier alpha value is -1.43. The molecule has 6 nitrogen and oxygen atoms in total. The number of rotatable bonds is 5. The van der Waals surface area contributed by atoms with Crippen molar-refractivity contribution < 1.29 is 18.8 Å². The van der Waals surface area contributed by atoms with Crippen molar-refractivity contribution in [1.82, 2.24) is 10.1 Å². The van der Waals surface area contributed by atoms with Crippen LogP contribution in [0, 0.1) is 0 Å². The molecule has 0 radical (unpaired) electrons. The first-order chi connectivity index (χ1) is 8.20. The highest BCUT2D eigenvalue weighted by atomic mass is 16.5. The second-order valence-electron chi connectivity index (χ2n) is 4.05. The molecule has 0 spiro atoms. The number of hydrogen-bond acceptors (Lipinski definition) is 6. The minimum atomic E-state index is -0.406. The van der Waals surface area contributed by atoms with E-state index in [2.05, 4.69) is 10.1 Å². The van der Waals surface area contributed by atoms with E-state index in [0.29, 0.717) is 12.4 Å². The van der Waals surface area contributed by atoms with E-state index in [-0.39, 0.29) is 18.3 Å². The predicted molar refractivity (Wildman–Crippen MR) is 57.2 cm³/mol. The third-order valence-corrected chi connectivity index (χ3v) is 3.03. The summed E-state index contributed by atoms with van der Waals surface area (Å²) in [6.45, 7) is 2.10. The molecule has 1 aromatic heterocycles. The summed E-state index contributed by atoms with van der Waals surface area (Å²) < 4.78 is 15.3. The van der Waals surface area contributed by atoms with Gasteiger partial charge in [0.1, 0.15) is 12.0 Å². The predicted octanol–water partition coefficient (Wildman–Crippen LogP) is 1.20. The fourth-order valence-electron chi connectivity index (χ4n) is 1.86. The third kappa shape index (κ3) is 2.31. The van der Waals surface area contributed by atoms with Gasteiger partial charge in [0.25, 0.3) is 0 Å². The van der Waals surface area contributed by atoms with Gasteiger partial charge in [0.05, 0.1) is 6.61 Å². The SMILES string of the molecule is CCOC(=O)Cc1nc(C2(OC)CCC2)no1. The largest absolute Gasteiger partial charge is 0.466 e. The van der Waals surface area contributed by atoms with Crippen molar-refractivity contribution in [2.24, 2.45) is 0 Å². The van der Waals surface area contributed by atoms with Gasteiger partial charge in [-0.1, -0.05) is 5.16 Å². The molecule has 0 aliphatic heterocycles. The number of hydrogen-bond donors (Lipinski definition) is 0. The summed E-state index contributed by atoms with van der Waals surface area (Å²) in [5, 5.41) is 3.88. The second-order valence-corrected chi connectivity index (χ2v) is 4.05. The standard InChI is InChI=1S/C11H16N2O4/c1-3-16-9(14)7-8-12-10(13-17-8)11(15-2)5-4-6-11/h3-7H2,1-2H3. The molecule has 0 amide bonds. The molecule has 17 heavy (non-hydrogen) atoms. The van der Waals surface area contributed by atoms with Gasteiger partial charge in [-0.3, -0.25) is 4.79 Å². The molecule has 0 N–H and O–H groups in total. The van der Waals surface area contributed by atoms with E-state index >= 15 is 0 Å².